The van der Waals surface area contributed by atoms with Crippen molar-refractivity contribution in [1.29, 1.82) is 0 Å². The minimum atomic E-state index is -0.919. The van der Waals surface area contributed by atoms with Crippen LogP contribution in [0.4, 0.5) is 0 Å². The molecule has 1 aromatic rings. The number of nitrogens with zero attached hydrogens (tertiary/aromatic N) is 1. The summed E-state index contributed by atoms with van der Waals surface area (Å²) in [5.41, 5.74) is 0. The quantitative estimate of drug-likeness (QED) is 0.789. The van der Waals surface area contributed by atoms with Gasteiger partial charge in [-0.25, -0.2) is 0 Å². The number of carbonyl (C=O) groups excluding carboxylic acids is 1. The number of rotatable bonds is 8. The molecule has 0 saturated carbocycles. The molecule has 0 spiro atoms. The lowest BCUT2D eigenvalue weighted by atomic mass is 10.1. The molecule has 0 aliphatic carbocycles. The summed E-state index contributed by atoms with van der Waals surface area (Å²) >= 11 is 0. The first kappa shape index (κ1) is 16.8. The van der Waals surface area contributed by atoms with Crippen molar-refractivity contribution in [3.8, 4) is 11.5 Å². The number of carbonyl (C=O) groups is 2. The molecule has 0 aromatic heterocycles. The van der Waals surface area contributed by atoms with Gasteiger partial charge in [0.05, 0.1) is 19.6 Å². The van der Waals surface area contributed by atoms with Crippen LogP contribution in [-0.2, 0) is 9.59 Å². The number of carboxylic acids is 1. The number of amides is 1. The molecule has 0 bridgehead atoms. The van der Waals surface area contributed by atoms with Crippen LogP contribution in [0, 0.1) is 5.92 Å². The molecule has 1 rings (SSSR count). The van der Waals surface area contributed by atoms with Crippen LogP contribution in [0.25, 0.3) is 0 Å². The molecular formula is C15H21NO5. The van der Waals surface area contributed by atoms with Crippen molar-refractivity contribution >= 4 is 11.9 Å². The van der Waals surface area contributed by atoms with Gasteiger partial charge in [-0.1, -0.05) is 6.92 Å². The Morgan fingerprint density at radius 1 is 1.24 bits per heavy atom. The lowest BCUT2D eigenvalue weighted by Crippen LogP contribution is -2.38. The zero-order valence-corrected chi connectivity index (χ0v) is 12.5. The van der Waals surface area contributed by atoms with Crippen LogP contribution >= 0.6 is 0 Å². The van der Waals surface area contributed by atoms with Gasteiger partial charge in [0.15, 0.2) is 0 Å². The fraction of sp³-hybridized carbons (Fsp3) is 0.467. The van der Waals surface area contributed by atoms with Crippen LogP contribution in [0.5, 0.6) is 11.5 Å². The Kier molecular flexibility index (Phi) is 6.52. The highest BCUT2D eigenvalue weighted by molar-refractivity contribution is 5.75. The predicted octanol–water partition coefficient (Wildman–Crippen LogP) is 1.64. The Bertz CT molecular complexity index is 471. The maximum atomic E-state index is 11.5. The number of hydrogen-bond acceptors (Lipinski definition) is 4. The van der Waals surface area contributed by atoms with Gasteiger partial charge in [0.2, 0.25) is 5.91 Å². The van der Waals surface area contributed by atoms with Crippen LogP contribution in [0.3, 0.4) is 0 Å². The van der Waals surface area contributed by atoms with Gasteiger partial charge in [-0.2, -0.15) is 0 Å². The minimum absolute atomic E-state index is 0.165. The van der Waals surface area contributed by atoms with Gasteiger partial charge in [-0.05, 0) is 24.3 Å². The van der Waals surface area contributed by atoms with Gasteiger partial charge >= 0.3 is 5.97 Å². The molecule has 0 heterocycles. The van der Waals surface area contributed by atoms with E-state index in [4.69, 9.17) is 14.6 Å². The second-order valence-electron chi connectivity index (χ2n) is 4.73. The normalized spacial score (nSPS) is 11.6. The topological polar surface area (TPSA) is 76.1 Å². The van der Waals surface area contributed by atoms with Crippen molar-refractivity contribution in [3.63, 3.8) is 0 Å². The first-order valence-corrected chi connectivity index (χ1v) is 6.69. The smallest absolute Gasteiger partial charge is 0.308 e. The third kappa shape index (κ3) is 5.72. The highest BCUT2D eigenvalue weighted by atomic mass is 16.5. The minimum Gasteiger partial charge on any atom is -0.497 e. The molecule has 6 nitrogen and oxygen atoms in total. The molecule has 0 saturated heterocycles. The fourth-order valence-corrected chi connectivity index (χ4v) is 1.73. The molecular weight excluding hydrogens is 274 g/mol. The molecule has 1 aromatic carbocycles. The fourth-order valence-electron chi connectivity index (χ4n) is 1.73. The van der Waals surface area contributed by atoms with Crippen molar-refractivity contribution in [2.24, 2.45) is 5.92 Å². The van der Waals surface area contributed by atoms with E-state index in [1.54, 1.807) is 38.3 Å². The number of carboxylic acid groups (broad SMARTS) is 1. The van der Waals surface area contributed by atoms with Crippen molar-refractivity contribution in [2.45, 2.75) is 13.8 Å². The maximum absolute atomic E-state index is 11.5. The second kappa shape index (κ2) is 8.14. The summed E-state index contributed by atoms with van der Waals surface area (Å²) in [6.45, 7) is 3.82. The average Bonchev–Trinajstić information content (AvgIpc) is 2.46. The van der Waals surface area contributed by atoms with Crippen LogP contribution in [0.2, 0.25) is 0 Å². The summed E-state index contributed by atoms with van der Waals surface area (Å²) in [5, 5.41) is 8.88. The number of ether oxygens (including phenoxy) is 2. The molecule has 21 heavy (non-hydrogen) atoms. The van der Waals surface area contributed by atoms with Gasteiger partial charge in [0.25, 0.3) is 0 Å². The van der Waals surface area contributed by atoms with Crippen LogP contribution in [-0.4, -0.2) is 48.7 Å². The molecule has 1 N–H and O–H groups in total. The van der Waals surface area contributed by atoms with E-state index in [1.165, 1.54) is 11.8 Å². The molecule has 6 heteroatoms. The first-order valence-electron chi connectivity index (χ1n) is 6.69. The van der Waals surface area contributed by atoms with Crippen molar-refractivity contribution < 1.29 is 24.2 Å². The Hall–Kier alpha value is -2.24. The van der Waals surface area contributed by atoms with E-state index in [0.29, 0.717) is 18.9 Å². The largest absolute Gasteiger partial charge is 0.497 e. The first-order chi connectivity index (χ1) is 9.93. The summed E-state index contributed by atoms with van der Waals surface area (Å²) in [7, 11) is 1.59. The van der Waals surface area contributed by atoms with Gasteiger partial charge in [0, 0.05) is 13.5 Å². The van der Waals surface area contributed by atoms with Crippen LogP contribution < -0.4 is 9.47 Å². The second-order valence-corrected chi connectivity index (χ2v) is 4.73. The van der Waals surface area contributed by atoms with Gasteiger partial charge in [0.1, 0.15) is 18.1 Å². The number of hydrogen-bond donors (Lipinski definition) is 1. The summed E-state index contributed by atoms with van der Waals surface area (Å²) in [4.78, 5) is 23.8. The number of aliphatic carboxylic acids is 1. The third-order valence-electron chi connectivity index (χ3n) is 3.05. The molecule has 0 aliphatic heterocycles. The molecule has 0 aliphatic rings. The Labute approximate surface area is 124 Å². The number of methoxy groups -OCH3 is 1. The predicted molar refractivity (Wildman–Crippen MR) is 77.5 cm³/mol. The van der Waals surface area contributed by atoms with Crippen LogP contribution in [0.1, 0.15) is 13.8 Å². The Morgan fingerprint density at radius 3 is 2.29 bits per heavy atom. The Morgan fingerprint density at radius 2 is 1.81 bits per heavy atom. The van der Waals surface area contributed by atoms with Gasteiger partial charge < -0.3 is 19.5 Å². The van der Waals surface area contributed by atoms with E-state index in [9.17, 15) is 9.59 Å². The molecule has 0 fully saturated rings. The monoisotopic (exact) mass is 295 g/mol. The van der Waals surface area contributed by atoms with Crippen molar-refractivity contribution in [3.05, 3.63) is 24.3 Å². The molecule has 0 radical (unpaired) electrons. The van der Waals surface area contributed by atoms with Crippen molar-refractivity contribution in [2.75, 3.05) is 26.8 Å². The SMILES string of the molecule is COc1ccc(OCCN(CC(C)C(=O)O)C(C)=O)cc1. The van der Waals surface area contributed by atoms with E-state index < -0.39 is 11.9 Å². The lowest BCUT2D eigenvalue weighted by Gasteiger charge is -2.23. The third-order valence-corrected chi connectivity index (χ3v) is 3.05. The zero-order chi connectivity index (χ0) is 15.8. The molecule has 116 valence electrons. The zero-order valence-electron chi connectivity index (χ0n) is 12.5. The summed E-state index contributed by atoms with van der Waals surface area (Å²) < 4.78 is 10.6. The molecule has 1 atom stereocenters. The summed E-state index contributed by atoms with van der Waals surface area (Å²) in [5.74, 6) is -0.276. The summed E-state index contributed by atoms with van der Waals surface area (Å²) in [6.07, 6.45) is 0. The van der Waals surface area contributed by atoms with Crippen molar-refractivity contribution in [1.82, 2.24) is 4.90 Å². The number of benzene rings is 1. The summed E-state index contributed by atoms with van der Waals surface area (Å²) in [6, 6.07) is 7.11. The van der Waals surface area contributed by atoms with E-state index >= 15 is 0 Å². The Balaban J connectivity index is 2.46. The molecule has 1 unspecified atom stereocenters. The molecule has 1 amide bonds. The van der Waals surface area contributed by atoms with E-state index in [1.807, 2.05) is 0 Å². The highest BCUT2D eigenvalue weighted by Gasteiger charge is 2.17. The highest BCUT2D eigenvalue weighted by Crippen LogP contribution is 2.16. The lowest BCUT2D eigenvalue weighted by molar-refractivity contribution is -0.142. The van der Waals surface area contributed by atoms with Gasteiger partial charge in [-0.3, -0.25) is 9.59 Å². The average molecular weight is 295 g/mol. The van der Waals surface area contributed by atoms with E-state index in [2.05, 4.69) is 0 Å². The van der Waals surface area contributed by atoms with Gasteiger partial charge in [-0.15, -0.1) is 0 Å². The van der Waals surface area contributed by atoms with Crippen LogP contribution in [0.15, 0.2) is 24.3 Å². The van der Waals surface area contributed by atoms with E-state index in [-0.39, 0.29) is 12.5 Å². The maximum Gasteiger partial charge on any atom is 0.308 e. The standard InChI is InChI=1S/C15H21NO5/c1-11(15(18)19)10-16(12(2)17)8-9-21-14-6-4-13(20-3)5-7-14/h4-7,11H,8-10H2,1-3H3,(H,18,19). The van der Waals surface area contributed by atoms with E-state index in [0.717, 1.165) is 5.75 Å².